The standard InChI is InChI=1S/C18H20N2O5S/c1-3-25-13-6-4-12(5-7-13)16-19-11(2)15(26-16)17(21)20-8-9-24-10-14(20)18(22)23/h4-7,14H,3,8-10H2,1-2H3,(H,22,23)/t14-/m0/s1. The van der Waals surface area contributed by atoms with Gasteiger partial charge in [0, 0.05) is 12.1 Å². The summed E-state index contributed by atoms with van der Waals surface area (Å²) in [5, 5.41) is 10.0. The Hall–Kier alpha value is -2.45. The molecule has 1 aromatic heterocycles. The Kier molecular flexibility index (Phi) is 5.53. The molecule has 1 atom stereocenters. The molecule has 1 aromatic carbocycles. The van der Waals surface area contributed by atoms with E-state index in [0.29, 0.717) is 28.8 Å². The molecule has 0 bridgehead atoms. The molecule has 0 spiro atoms. The van der Waals surface area contributed by atoms with E-state index in [2.05, 4.69) is 4.98 Å². The zero-order valence-corrected chi connectivity index (χ0v) is 15.4. The van der Waals surface area contributed by atoms with Gasteiger partial charge >= 0.3 is 5.97 Å². The lowest BCUT2D eigenvalue weighted by Gasteiger charge is -2.32. The van der Waals surface area contributed by atoms with Gasteiger partial charge in [-0.05, 0) is 38.1 Å². The van der Waals surface area contributed by atoms with E-state index < -0.39 is 12.0 Å². The van der Waals surface area contributed by atoms with Crippen molar-refractivity contribution in [2.45, 2.75) is 19.9 Å². The number of carbonyl (C=O) groups is 2. The van der Waals surface area contributed by atoms with Crippen molar-refractivity contribution in [3.05, 3.63) is 34.8 Å². The van der Waals surface area contributed by atoms with Gasteiger partial charge in [-0.3, -0.25) is 4.79 Å². The molecule has 1 saturated heterocycles. The summed E-state index contributed by atoms with van der Waals surface area (Å²) in [4.78, 5) is 30.6. The molecule has 1 N–H and O–H groups in total. The van der Waals surface area contributed by atoms with E-state index in [-0.39, 0.29) is 19.1 Å². The van der Waals surface area contributed by atoms with E-state index in [1.165, 1.54) is 16.2 Å². The molecule has 0 aliphatic carbocycles. The van der Waals surface area contributed by atoms with Crippen LogP contribution in [0.25, 0.3) is 10.6 Å². The molecular weight excluding hydrogens is 356 g/mol. The highest BCUT2D eigenvalue weighted by atomic mass is 32.1. The Morgan fingerprint density at radius 3 is 2.77 bits per heavy atom. The van der Waals surface area contributed by atoms with E-state index in [1.54, 1.807) is 6.92 Å². The summed E-state index contributed by atoms with van der Waals surface area (Å²) in [6, 6.07) is 6.55. The molecule has 2 heterocycles. The van der Waals surface area contributed by atoms with Crippen molar-refractivity contribution < 1.29 is 24.2 Å². The number of hydrogen-bond donors (Lipinski definition) is 1. The number of carboxylic acid groups (broad SMARTS) is 1. The van der Waals surface area contributed by atoms with Crippen LogP contribution >= 0.6 is 11.3 Å². The van der Waals surface area contributed by atoms with Crippen LogP contribution in [0.3, 0.4) is 0 Å². The van der Waals surface area contributed by atoms with Crippen molar-refractivity contribution in [3.63, 3.8) is 0 Å². The first-order valence-corrected chi connectivity index (χ1v) is 9.15. The second kappa shape index (κ2) is 7.84. The number of nitrogens with zero attached hydrogens (tertiary/aromatic N) is 2. The van der Waals surface area contributed by atoms with Gasteiger partial charge < -0.3 is 19.5 Å². The van der Waals surface area contributed by atoms with Crippen molar-refractivity contribution in [3.8, 4) is 16.3 Å². The molecule has 2 aromatic rings. The van der Waals surface area contributed by atoms with Crippen LogP contribution in [0, 0.1) is 6.92 Å². The van der Waals surface area contributed by atoms with Gasteiger partial charge in [0.05, 0.1) is 25.5 Å². The monoisotopic (exact) mass is 376 g/mol. The molecule has 0 saturated carbocycles. The van der Waals surface area contributed by atoms with E-state index >= 15 is 0 Å². The normalized spacial score (nSPS) is 17.2. The Balaban J connectivity index is 1.85. The van der Waals surface area contributed by atoms with E-state index in [1.807, 2.05) is 31.2 Å². The Bertz CT molecular complexity index is 802. The first-order chi connectivity index (χ1) is 12.5. The Labute approximate surface area is 155 Å². The van der Waals surface area contributed by atoms with Crippen molar-refractivity contribution in [1.82, 2.24) is 9.88 Å². The maximum atomic E-state index is 12.9. The van der Waals surface area contributed by atoms with Crippen molar-refractivity contribution in [2.24, 2.45) is 0 Å². The van der Waals surface area contributed by atoms with E-state index in [0.717, 1.165) is 11.3 Å². The summed E-state index contributed by atoms with van der Waals surface area (Å²) in [5.74, 6) is -0.599. The number of rotatable bonds is 5. The predicted octanol–water partition coefficient (Wildman–Crippen LogP) is 2.44. The first kappa shape index (κ1) is 18.3. The molecule has 8 heteroatoms. The molecule has 3 rings (SSSR count). The van der Waals surface area contributed by atoms with Gasteiger partial charge in [0.25, 0.3) is 5.91 Å². The number of benzene rings is 1. The third kappa shape index (κ3) is 3.71. The van der Waals surface area contributed by atoms with Crippen LogP contribution in [0.5, 0.6) is 5.75 Å². The smallest absolute Gasteiger partial charge is 0.328 e. The number of aryl methyl sites for hydroxylation is 1. The first-order valence-electron chi connectivity index (χ1n) is 8.33. The summed E-state index contributed by atoms with van der Waals surface area (Å²) >= 11 is 1.27. The number of thiazole rings is 1. The average molecular weight is 376 g/mol. The molecule has 0 radical (unpaired) electrons. The largest absolute Gasteiger partial charge is 0.494 e. The third-order valence-corrected chi connectivity index (χ3v) is 5.27. The average Bonchev–Trinajstić information content (AvgIpc) is 3.03. The van der Waals surface area contributed by atoms with Gasteiger partial charge in [-0.25, -0.2) is 9.78 Å². The van der Waals surface area contributed by atoms with E-state index in [4.69, 9.17) is 9.47 Å². The minimum absolute atomic E-state index is 0.00464. The van der Waals surface area contributed by atoms with Crippen LogP contribution in [-0.2, 0) is 9.53 Å². The summed E-state index contributed by atoms with van der Waals surface area (Å²) < 4.78 is 10.6. The predicted molar refractivity (Wildman–Crippen MR) is 96.7 cm³/mol. The number of ether oxygens (including phenoxy) is 2. The lowest BCUT2D eigenvalue weighted by atomic mass is 10.2. The van der Waals surface area contributed by atoms with Crippen LogP contribution < -0.4 is 4.74 Å². The Morgan fingerprint density at radius 1 is 1.38 bits per heavy atom. The maximum Gasteiger partial charge on any atom is 0.328 e. The van der Waals surface area contributed by atoms with Crippen molar-refractivity contribution >= 4 is 23.2 Å². The third-order valence-electron chi connectivity index (χ3n) is 4.08. The molecule has 1 amide bonds. The number of carboxylic acids is 1. The minimum Gasteiger partial charge on any atom is -0.494 e. The zero-order chi connectivity index (χ0) is 18.7. The molecule has 1 aliphatic rings. The SMILES string of the molecule is CCOc1ccc(-c2nc(C)c(C(=O)N3CCOC[C@H]3C(=O)O)s2)cc1. The van der Waals surface area contributed by atoms with Gasteiger partial charge in [0.1, 0.15) is 15.6 Å². The fourth-order valence-corrected chi connectivity index (χ4v) is 3.79. The zero-order valence-electron chi connectivity index (χ0n) is 14.6. The number of aromatic nitrogens is 1. The van der Waals surface area contributed by atoms with Gasteiger partial charge in [0.2, 0.25) is 0 Å². The lowest BCUT2D eigenvalue weighted by Crippen LogP contribution is -2.52. The highest BCUT2D eigenvalue weighted by molar-refractivity contribution is 7.17. The van der Waals surface area contributed by atoms with E-state index in [9.17, 15) is 14.7 Å². The highest BCUT2D eigenvalue weighted by Crippen LogP contribution is 2.30. The number of aliphatic carboxylic acids is 1. The van der Waals surface area contributed by atoms with Crippen LogP contribution in [0.4, 0.5) is 0 Å². The summed E-state index contributed by atoms with van der Waals surface area (Å²) in [7, 11) is 0. The summed E-state index contributed by atoms with van der Waals surface area (Å²) in [6.45, 7) is 4.87. The fraction of sp³-hybridized carbons (Fsp3) is 0.389. The fourth-order valence-electron chi connectivity index (χ4n) is 2.76. The van der Waals surface area contributed by atoms with Crippen molar-refractivity contribution in [1.29, 1.82) is 0 Å². The number of carbonyl (C=O) groups excluding carboxylic acids is 1. The van der Waals surface area contributed by atoms with Gasteiger partial charge in [-0.2, -0.15) is 0 Å². The number of amides is 1. The molecular formula is C18H20N2O5S. The summed E-state index contributed by atoms with van der Waals surface area (Å²) in [5.41, 5.74) is 1.48. The lowest BCUT2D eigenvalue weighted by molar-refractivity contribution is -0.147. The second-order valence-corrected chi connectivity index (χ2v) is 6.82. The molecule has 26 heavy (non-hydrogen) atoms. The topological polar surface area (TPSA) is 89.0 Å². The summed E-state index contributed by atoms with van der Waals surface area (Å²) in [6.07, 6.45) is 0. The molecule has 138 valence electrons. The number of morpholine rings is 1. The molecule has 1 aliphatic heterocycles. The van der Waals surface area contributed by atoms with Gasteiger partial charge in [-0.15, -0.1) is 11.3 Å². The van der Waals surface area contributed by atoms with Crippen LogP contribution in [0.2, 0.25) is 0 Å². The molecule has 1 fully saturated rings. The molecule has 7 nitrogen and oxygen atoms in total. The molecule has 0 unspecified atom stereocenters. The van der Waals surface area contributed by atoms with Crippen molar-refractivity contribution in [2.75, 3.05) is 26.4 Å². The highest BCUT2D eigenvalue weighted by Gasteiger charge is 2.34. The van der Waals surface area contributed by atoms with Crippen LogP contribution in [0.1, 0.15) is 22.3 Å². The van der Waals surface area contributed by atoms with Crippen LogP contribution in [-0.4, -0.2) is 59.3 Å². The van der Waals surface area contributed by atoms with Crippen LogP contribution in [0.15, 0.2) is 24.3 Å². The van der Waals surface area contributed by atoms with Gasteiger partial charge in [0.15, 0.2) is 6.04 Å². The number of hydrogen-bond acceptors (Lipinski definition) is 6. The van der Waals surface area contributed by atoms with Gasteiger partial charge in [-0.1, -0.05) is 0 Å². The quantitative estimate of drug-likeness (QED) is 0.862. The second-order valence-electron chi connectivity index (χ2n) is 5.82. The minimum atomic E-state index is -1.06. The maximum absolute atomic E-state index is 12.9. The Morgan fingerprint density at radius 2 is 2.12 bits per heavy atom.